The van der Waals surface area contributed by atoms with E-state index in [1.54, 1.807) is 0 Å². The van der Waals surface area contributed by atoms with Gasteiger partial charge in [0.25, 0.3) is 0 Å². The molecule has 92 valence electrons. The van der Waals surface area contributed by atoms with E-state index in [1.165, 1.54) is 21.9 Å². The molecular formula is C15H20ClN. The van der Waals surface area contributed by atoms with Gasteiger partial charge in [-0.25, -0.2) is 0 Å². The molecule has 2 rings (SSSR count). The van der Waals surface area contributed by atoms with Gasteiger partial charge in [-0.2, -0.15) is 0 Å². The number of aryl methyl sites for hydroxylation is 1. The molecule has 0 amide bonds. The fourth-order valence-electron chi connectivity index (χ4n) is 2.26. The van der Waals surface area contributed by atoms with Crippen LogP contribution in [0.15, 0.2) is 36.4 Å². The molecule has 0 radical (unpaired) electrons. The van der Waals surface area contributed by atoms with Gasteiger partial charge in [-0.1, -0.05) is 49.7 Å². The number of hydrogen-bond acceptors (Lipinski definition) is 1. The molecule has 0 spiro atoms. The maximum absolute atomic E-state index is 6.22. The lowest BCUT2D eigenvalue weighted by molar-refractivity contribution is 0.642. The topological polar surface area (TPSA) is 26.0 Å². The molecule has 2 aromatic carbocycles. The Morgan fingerprint density at radius 3 is 2.35 bits per heavy atom. The minimum atomic E-state index is 0. The van der Waals surface area contributed by atoms with Crippen LogP contribution in [0.5, 0.6) is 0 Å². The fourth-order valence-corrected chi connectivity index (χ4v) is 2.26. The Morgan fingerprint density at radius 1 is 1.06 bits per heavy atom. The van der Waals surface area contributed by atoms with Crippen molar-refractivity contribution in [3.63, 3.8) is 0 Å². The highest BCUT2D eigenvalue weighted by Crippen LogP contribution is 2.27. The van der Waals surface area contributed by atoms with Crippen LogP contribution in [0.3, 0.4) is 0 Å². The Bertz CT molecular complexity index is 493. The van der Waals surface area contributed by atoms with Crippen molar-refractivity contribution in [2.75, 3.05) is 0 Å². The second-order valence-corrected chi connectivity index (χ2v) is 4.41. The van der Waals surface area contributed by atoms with Gasteiger partial charge in [-0.15, -0.1) is 12.4 Å². The van der Waals surface area contributed by atoms with Gasteiger partial charge in [0, 0.05) is 6.04 Å². The minimum Gasteiger partial charge on any atom is -0.324 e. The third-order valence-electron chi connectivity index (χ3n) is 3.17. The zero-order valence-electron chi connectivity index (χ0n) is 10.4. The highest BCUT2D eigenvalue weighted by atomic mass is 35.5. The first-order chi connectivity index (χ1) is 7.74. The Morgan fingerprint density at radius 2 is 1.71 bits per heavy atom. The monoisotopic (exact) mass is 249 g/mol. The number of halogens is 1. The van der Waals surface area contributed by atoms with Gasteiger partial charge in [0.05, 0.1) is 0 Å². The molecule has 0 aliphatic rings. The number of nitrogens with two attached hydrogens (primary N) is 1. The summed E-state index contributed by atoms with van der Waals surface area (Å²) in [5.41, 5.74) is 8.82. The summed E-state index contributed by atoms with van der Waals surface area (Å²) in [4.78, 5) is 0. The van der Waals surface area contributed by atoms with Crippen LogP contribution in [0.1, 0.15) is 36.9 Å². The molecule has 0 saturated carbocycles. The van der Waals surface area contributed by atoms with Crippen LogP contribution >= 0.6 is 12.4 Å². The maximum atomic E-state index is 6.22. The van der Waals surface area contributed by atoms with Crippen LogP contribution < -0.4 is 5.73 Å². The Labute approximate surface area is 109 Å². The summed E-state index contributed by atoms with van der Waals surface area (Å²) in [7, 11) is 0. The van der Waals surface area contributed by atoms with Crippen LogP contribution in [-0.2, 0) is 0 Å². The number of fused-ring (bicyclic) bond motifs is 1. The molecule has 1 nitrogen and oxygen atoms in total. The first-order valence-corrected chi connectivity index (χ1v) is 5.98. The number of rotatable bonds is 3. The summed E-state index contributed by atoms with van der Waals surface area (Å²) in [5.74, 6) is 0. The molecule has 0 aromatic heterocycles. The predicted octanol–water partition coefficient (Wildman–Crippen LogP) is 4.37. The number of benzene rings is 2. The summed E-state index contributed by atoms with van der Waals surface area (Å²) in [5, 5.41) is 2.63. The van der Waals surface area contributed by atoms with Crippen molar-refractivity contribution in [3.05, 3.63) is 47.5 Å². The van der Waals surface area contributed by atoms with Gasteiger partial charge in [-0.3, -0.25) is 0 Å². The quantitative estimate of drug-likeness (QED) is 0.859. The lowest BCUT2D eigenvalue weighted by atomic mass is 9.94. The lowest BCUT2D eigenvalue weighted by Crippen LogP contribution is -2.10. The summed E-state index contributed by atoms with van der Waals surface area (Å²) in [6.07, 6.45) is 2.18. The van der Waals surface area contributed by atoms with Gasteiger partial charge < -0.3 is 5.73 Å². The van der Waals surface area contributed by atoms with E-state index < -0.39 is 0 Å². The van der Waals surface area contributed by atoms with Crippen molar-refractivity contribution < 1.29 is 0 Å². The average Bonchev–Trinajstić information content (AvgIpc) is 2.30. The highest BCUT2D eigenvalue weighted by molar-refractivity contribution is 5.88. The molecular weight excluding hydrogens is 230 g/mol. The fraction of sp³-hybridized carbons (Fsp3) is 0.333. The molecule has 0 unspecified atom stereocenters. The molecule has 2 N–H and O–H groups in total. The Balaban J connectivity index is 0.00000144. The van der Waals surface area contributed by atoms with Crippen LogP contribution in [0.2, 0.25) is 0 Å². The first-order valence-electron chi connectivity index (χ1n) is 5.98. The Kier molecular flexibility index (Phi) is 4.98. The molecule has 0 bridgehead atoms. The predicted molar refractivity (Wildman–Crippen MR) is 77.8 cm³/mol. The van der Waals surface area contributed by atoms with E-state index in [2.05, 4.69) is 50.2 Å². The Hall–Kier alpha value is -1.05. The molecule has 0 fully saturated rings. The van der Waals surface area contributed by atoms with E-state index in [9.17, 15) is 0 Å². The molecule has 0 heterocycles. The molecule has 2 aromatic rings. The summed E-state index contributed by atoms with van der Waals surface area (Å²) >= 11 is 0. The minimum absolute atomic E-state index is 0. The van der Waals surface area contributed by atoms with E-state index in [4.69, 9.17) is 5.73 Å². The van der Waals surface area contributed by atoms with E-state index in [0.29, 0.717) is 0 Å². The van der Waals surface area contributed by atoms with Crippen molar-refractivity contribution in [1.82, 2.24) is 0 Å². The highest BCUT2D eigenvalue weighted by Gasteiger charge is 2.09. The molecule has 0 saturated heterocycles. The third-order valence-corrected chi connectivity index (χ3v) is 3.17. The van der Waals surface area contributed by atoms with Crippen molar-refractivity contribution in [3.8, 4) is 0 Å². The standard InChI is InChI=1S/C15H19N.ClH/c1-3-6-15(16)14-10-9-11(2)12-7-4-5-8-13(12)14;/h4-5,7-10,15H,3,6,16H2,1-2H3;1H/t15-;/m1./s1. The van der Waals surface area contributed by atoms with Gasteiger partial charge in [0.2, 0.25) is 0 Å². The van der Waals surface area contributed by atoms with Crippen molar-refractivity contribution in [2.45, 2.75) is 32.7 Å². The number of hydrogen-bond donors (Lipinski definition) is 1. The first kappa shape index (κ1) is 14.0. The van der Waals surface area contributed by atoms with Crippen molar-refractivity contribution >= 4 is 23.2 Å². The maximum Gasteiger partial charge on any atom is 0.0300 e. The van der Waals surface area contributed by atoms with Gasteiger partial charge in [-0.05, 0) is 35.2 Å². The molecule has 0 aliphatic carbocycles. The summed E-state index contributed by atoms with van der Waals surface area (Å²) < 4.78 is 0. The van der Waals surface area contributed by atoms with E-state index in [0.717, 1.165) is 12.8 Å². The van der Waals surface area contributed by atoms with Crippen LogP contribution in [-0.4, -0.2) is 0 Å². The SMILES string of the molecule is CCC[C@@H](N)c1ccc(C)c2ccccc12.Cl. The average molecular weight is 250 g/mol. The normalized spacial score (nSPS) is 12.2. The van der Waals surface area contributed by atoms with E-state index in [-0.39, 0.29) is 18.4 Å². The molecule has 2 heteroatoms. The second-order valence-electron chi connectivity index (χ2n) is 4.41. The second kappa shape index (κ2) is 6.04. The smallest absolute Gasteiger partial charge is 0.0300 e. The van der Waals surface area contributed by atoms with Crippen molar-refractivity contribution in [2.24, 2.45) is 5.73 Å². The third kappa shape index (κ3) is 2.80. The molecule has 0 aliphatic heterocycles. The largest absolute Gasteiger partial charge is 0.324 e. The van der Waals surface area contributed by atoms with Gasteiger partial charge in [0.15, 0.2) is 0 Å². The molecule has 17 heavy (non-hydrogen) atoms. The van der Waals surface area contributed by atoms with Crippen LogP contribution in [0.25, 0.3) is 10.8 Å². The lowest BCUT2D eigenvalue weighted by Gasteiger charge is -2.15. The van der Waals surface area contributed by atoms with E-state index in [1.807, 2.05) is 0 Å². The summed E-state index contributed by atoms with van der Waals surface area (Å²) in [6.45, 7) is 4.33. The van der Waals surface area contributed by atoms with Crippen LogP contribution in [0, 0.1) is 6.92 Å². The van der Waals surface area contributed by atoms with Gasteiger partial charge >= 0.3 is 0 Å². The van der Waals surface area contributed by atoms with Crippen LogP contribution in [0.4, 0.5) is 0 Å². The molecule has 1 atom stereocenters. The van der Waals surface area contributed by atoms with Crippen molar-refractivity contribution in [1.29, 1.82) is 0 Å². The van der Waals surface area contributed by atoms with E-state index >= 15 is 0 Å². The zero-order valence-corrected chi connectivity index (χ0v) is 11.3. The zero-order chi connectivity index (χ0) is 11.5. The van der Waals surface area contributed by atoms with Gasteiger partial charge in [0.1, 0.15) is 0 Å². The summed E-state index contributed by atoms with van der Waals surface area (Å²) in [6, 6.07) is 13.0.